The summed E-state index contributed by atoms with van der Waals surface area (Å²) in [6.07, 6.45) is -5.59. The first kappa shape index (κ1) is 21.3. The van der Waals surface area contributed by atoms with Crippen molar-refractivity contribution in [3.63, 3.8) is 0 Å². The van der Waals surface area contributed by atoms with Crippen molar-refractivity contribution in [1.29, 1.82) is 0 Å². The van der Waals surface area contributed by atoms with Crippen molar-refractivity contribution in [1.82, 2.24) is 10.6 Å². The van der Waals surface area contributed by atoms with E-state index in [0.29, 0.717) is 0 Å². The summed E-state index contributed by atoms with van der Waals surface area (Å²) in [6.45, 7) is 0.554. The predicted octanol–water partition coefficient (Wildman–Crippen LogP) is -4.46. The lowest BCUT2D eigenvalue weighted by molar-refractivity contribution is -0.208. The molecule has 1 fully saturated rings. The van der Waals surface area contributed by atoms with Gasteiger partial charge in [-0.05, 0) is 6.42 Å². The number of amides is 3. The average molecular weight is 362 g/mol. The van der Waals surface area contributed by atoms with Crippen LogP contribution in [0.3, 0.4) is 0 Å². The molecule has 25 heavy (non-hydrogen) atoms. The van der Waals surface area contributed by atoms with Crippen LogP contribution in [-0.4, -0.2) is 83.2 Å². The number of hydrogen-bond donors (Lipinski definition) is 7. The summed E-state index contributed by atoms with van der Waals surface area (Å²) in [4.78, 5) is 34.9. The van der Waals surface area contributed by atoms with E-state index in [0.717, 1.165) is 0 Å². The van der Waals surface area contributed by atoms with Gasteiger partial charge in [-0.3, -0.25) is 14.4 Å². The Balaban J connectivity index is 3.14. The lowest BCUT2D eigenvalue weighted by atomic mass is 9.82. The molecule has 0 aromatic heterocycles. The van der Waals surface area contributed by atoms with Crippen molar-refractivity contribution >= 4 is 17.7 Å². The number of carbonyl (C=O) groups is 3. The van der Waals surface area contributed by atoms with E-state index in [4.69, 9.17) is 16.2 Å². The third-order valence-electron chi connectivity index (χ3n) is 4.19. The zero-order chi connectivity index (χ0) is 19.3. The number of aliphatic hydroxyl groups is 3. The van der Waals surface area contributed by atoms with Crippen LogP contribution in [0.5, 0.6) is 0 Å². The van der Waals surface area contributed by atoms with Crippen molar-refractivity contribution in [3.8, 4) is 0 Å². The molecule has 0 aliphatic carbocycles. The Morgan fingerprint density at radius 1 is 1.24 bits per heavy atom. The normalized spacial score (nSPS) is 31.7. The number of nitrogens with two attached hydrogens (primary N) is 2. The number of likely N-dealkylation sites (N-methyl/N-ethyl adjacent to an activating group) is 1. The first-order valence-corrected chi connectivity index (χ1v) is 7.80. The molecular formula is C14H26N4O7. The highest BCUT2D eigenvalue weighted by Gasteiger charge is 2.49. The molecule has 1 rings (SSSR count). The average Bonchev–Trinajstić information content (AvgIpc) is 2.56. The summed E-state index contributed by atoms with van der Waals surface area (Å²) < 4.78 is 5.51. The van der Waals surface area contributed by atoms with Gasteiger partial charge in [0, 0.05) is 14.0 Å². The maximum absolute atomic E-state index is 11.9. The molecule has 3 amide bonds. The van der Waals surface area contributed by atoms with Crippen molar-refractivity contribution in [3.05, 3.63) is 0 Å². The first-order valence-electron chi connectivity index (χ1n) is 7.80. The lowest BCUT2D eigenvalue weighted by Crippen LogP contribution is -2.67. The van der Waals surface area contributed by atoms with Gasteiger partial charge in [-0.1, -0.05) is 0 Å². The molecule has 7 atom stereocenters. The smallest absolute Gasteiger partial charge is 0.236 e. The molecule has 0 bridgehead atoms. The molecule has 1 aliphatic heterocycles. The Morgan fingerprint density at radius 2 is 1.84 bits per heavy atom. The number of hydrogen-bond acceptors (Lipinski definition) is 8. The summed E-state index contributed by atoms with van der Waals surface area (Å²) >= 11 is 0. The standard InChI is InChI=1S/C14H26N4O7/c1-5(20)18-9-11(22)10(21)8(4-19)25-12(9)6(13(16)23)3-7(15)14(24)17-2/h6-12,19,21-22H,3-4,15H2,1-2H3,(H2,16,23)(H,17,24)(H,18,20)/t6?,7-,8+,9+,10+,11+,12+/m0/s1. The quantitative estimate of drug-likeness (QED) is 0.235. The Morgan fingerprint density at radius 3 is 2.28 bits per heavy atom. The zero-order valence-corrected chi connectivity index (χ0v) is 14.1. The highest BCUT2D eigenvalue weighted by atomic mass is 16.5. The van der Waals surface area contributed by atoms with Gasteiger partial charge in [0.2, 0.25) is 17.7 Å². The molecule has 1 heterocycles. The van der Waals surface area contributed by atoms with Crippen molar-refractivity contribution in [2.45, 2.75) is 49.8 Å². The minimum Gasteiger partial charge on any atom is -0.394 e. The maximum Gasteiger partial charge on any atom is 0.236 e. The van der Waals surface area contributed by atoms with Crippen LogP contribution in [0.4, 0.5) is 0 Å². The van der Waals surface area contributed by atoms with Gasteiger partial charge in [0.25, 0.3) is 0 Å². The van der Waals surface area contributed by atoms with E-state index < -0.39 is 66.7 Å². The first-order chi connectivity index (χ1) is 11.6. The second-order valence-electron chi connectivity index (χ2n) is 5.99. The van der Waals surface area contributed by atoms with Crippen LogP contribution in [-0.2, 0) is 19.1 Å². The number of primary amides is 1. The third kappa shape index (κ3) is 5.09. The summed E-state index contributed by atoms with van der Waals surface area (Å²) in [7, 11) is 1.38. The molecule has 0 aromatic carbocycles. The van der Waals surface area contributed by atoms with E-state index in [1.165, 1.54) is 14.0 Å². The van der Waals surface area contributed by atoms with Crippen LogP contribution in [0.15, 0.2) is 0 Å². The Hall–Kier alpha value is -1.79. The fourth-order valence-electron chi connectivity index (χ4n) is 2.87. The molecule has 1 unspecified atom stereocenters. The third-order valence-corrected chi connectivity index (χ3v) is 4.19. The molecule has 11 heteroatoms. The number of nitrogens with one attached hydrogen (secondary N) is 2. The van der Waals surface area contributed by atoms with Crippen LogP contribution in [0.1, 0.15) is 13.3 Å². The Bertz CT molecular complexity index is 504. The fourth-order valence-corrected chi connectivity index (χ4v) is 2.87. The summed E-state index contributed by atoms with van der Waals surface area (Å²) in [5, 5.41) is 34.3. The van der Waals surface area contributed by atoms with E-state index in [1.54, 1.807) is 0 Å². The Kier molecular flexibility index (Phi) is 7.70. The van der Waals surface area contributed by atoms with Gasteiger partial charge < -0.3 is 42.2 Å². The van der Waals surface area contributed by atoms with Gasteiger partial charge in [-0.15, -0.1) is 0 Å². The molecule has 1 aliphatic rings. The predicted molar refractivity (Wildman–Crippen MR) is 84.7 cm³/mol. The van der Waals surface area contributed by atoms with Gasteiger partial charge >= 0.3 is 0 Å². The highest BCUT2D eigenvalue weighted by Crippen LogP contribution is 2.28. The summed E-state index contributed by atoms with van der Waals surface area (Å²) in [5.41, 5.74) is 11.1. The number of rotatable bonds is 7. The van der Waals surface area contributed by atoms with Gasteiger partial charge in [-0.2, -0.15) is 0 Å². The maximum atomic E-state index is 11.9. The second kappa shape index (κ2) is 9.06. The molecule has 0 aromatic rings. The number of ether oxygens (including phenoxy) is 1. The molecule has 11 nitrogen and oxygen atoms in total. The summed E-state index contributed by atoms with van der Waals surface area (Å²) in [6, 6.07) is -2.26. The van der Waals surface area contributed by atoms with E-state index in [9.17, 15) is 29.7 Å². The molecule has 1 saturated heterocycles. The molecule has 0 radical (unpaired) electrons. The van der Waals surface area contributed by atoms with Crippen molar-refractivity contribution < 1.29 is 34.4 Å². The SMILES string of the molecule is CNC(=O)[C@@H](N)CC(C(N)=O)[C@H]1O[C@H](CO)[C@@H](O)[C@H](O)[C@H]1NC(C)=O. The largest absolute Gasteiger partial charge is 0.394 e. The van der Waals surface area contributed by atoms with E-state index >= 15 is 0 Å². The van der Waals surface area contributed by atoms with Crippen LogP contribution in [0, 0.1) is 5.92 Å². The van der Waals surface area contributed by atoms with Gasteiger partial charge in [0.05, 0.1) is 30.7 Å². The van der Waals surface area contributed by atoms with Gasteiger partial charge in [0.1, 0.15) is 18.3 Å². The number of carbonyl (C=O) groups excluding carboxylic acids is 3. The van der Waals surface area contributed by atoms with Crippen LogP contribution in [0.2, 0.25) is 0 Å². The topological polar surface area (TPSA) is 197 Å². The minimum atomic E-state index is -1.52. The minimum absolute atomic E-state index is 0.212. The second-order valence-corrected chi connectivity index (χ2v) is 5.99. The van der Waals surface area contributed by atoms with E-state index in [2.05, 4.69) is 10.6 Å². The number of aliphatic hydroxyl groups excluding tert-OH is 3. The van der Waals surface area contributed by atoms with Gasteiger partial charge in [-0.25, -0.2) is 0 Å². The van der Waals surface area contributed by atoms with E-state index in [-0.39, 0.29) is 6.42 Å². The Labute approximate surface area is 144 Å². The van der Waals surface area contributed by atoms with Crippen LogP contribution < -0.4 is 22.1 Å². The fraction of sp³-hybridized carbons (Fsp3) is 0.786. The van der Waals surface area contributed by atoms with Gasteiger partial charge in [0.15, 0.2) is 0 Å². The van der Waals surface area contributed by atoms with Crippen LogP contribution in [0.25, 0.3) is 0 Å². The zero-order valence-electron chi connectivity index (χ0n) is 14.1. The summed E-state index contributed by atoms with van der Waals surface area (Å²) in [5.74, 6) is -3.08. The monoisotopic (exact) mass is 362 g/mol. The molecule has 144 valence electrons. The molecule has 9 N–H and O–H groups in total. The molecule has 0 saturated carbocycles. The highest BCUT2D eigenvalue weighted by molar-refractivity contribution is 5.83. The van der Waals surface area contributed by atoms with Crippen molar-refractivity contribution in [2.75, 3.05) is 13.7 Å². The van der Waals surface area contributed by atoms with Crippen molar-refractivity contribution in [2.24, 2.45) is 17.4 Å². The molecular weight excluding hydrogens is 336 g/mol. The lowest BCUT2D eigenvalue weighted by Gasteiger charge is -2.45. The van der Waals surface area contributed by atoms with E-state index in [1.807, 2.05) is 0 Å². The molecule has 0 spiro atoms. The van der Waals surface area contributed by atoms with Crippen LogP contribution >= 0.6 is 0 Å².